The standard InChI is InChI=1S/C20H18ClFN2O3/c1-12(25)11-24-8-7-14-15(20(24)27)3-2-4-18(14)23-19(26)10-13-5-6-16(21)17(22)9-13/h2-9,12,25H,10-11H2,1H3,(H,23,26). The molecule has 140 valence electrons. The van der Waals surface area contributed by atoms with Gasteiger partial charge in [-0.25, -0.2) is 4.39 Å². The van der Waals surface area contributed by atoms with Gasteiger partial charge in [-0.1, -0.05) is 23.7 Å². The number of aliphatic hydroxyl groups is 1. The SMILES string of the molecule is CC(O)Cn1ccc2c(NC(=O)Cc3ccc(Cl)c(F)c3)cccc2c1=O. The van der Waals surface area contributed by atoms with E-state index in [4.69, 9.17) is 11.6 Å². The number of benzene rings is 2. The number of pyridine rings is 1. The van der Waals surface area contributed by atoms with Crippen LogP contribution in [-0.2, 0) is 17.8 Å². The molecule has 0 radical (unpaired) electrons. The molecular weight excluding hydrogens is 371 g/mol. The Morgan fingerprint density at radius 3 is 2.74 bits per heavy atom. The molecule has 0 bridgehead atoms. The number of anilines is 1. The molecule has 1 aromatic heterocycles. The maximum absolute atomic E-state index is 13.5. The summed E-state index contributed by atoms with van der Waals surface area (Å²) in [6.07, 6.45) is 0.911. The molecule has 0 aliphatic heterocycles. The maximum atomic E-state index is 13.5. The molecule has 3 aromatic rings. The van der Waals surface area contributed by atoms with E-state index < -0.39 is 11.9 Å². The highest BCUT2D eigenvalue weighted by molar-refractivity contribution is 6.30. The lowest BCUT2D eigenvalue weighted by molar-refractivity contribution is -0.115. The summed E-state index contributed by atoms with van der Waals surface area (Å²) in [5.74, 6) is -0.914. The normalized spacial score (nSPS) is 12.1. The summed E-state index contributed by atoms with van der Waals surface area (Å²) in [6, 6.07) is 11.0. The summed E-state index contributed by atoms with van der Waals surface area (Å²) in [4.78, 5) is 24.9. The third-order valence-corrected chi connectivity index (χ3v) is 4.41. The van der Waals surface area contributed by atoms with Crippen molar-refractivity contribution < 1.29 is 14.3 Å². The van der Waals surface area contributed by atoms with Crippen LogP contribution in [0.4, 0.5) is 10.1 Å². The van der Waals surface area contributed by atoms with Crippen LogP contribution in [0.3, 0.4) is 0 Å². The summed E-state index contributed by atoms with van der Waals surface area (Å²) in [5.41, 5.74) is 0.742. The second-order valence-corrected chi connectivity index (χ2v) is 6.77. The van der Waals surface area contributed by atoms with Gasteiger partial charge in [-0.15, -0.1) is 0 Å². The number of hydrogen-bond acceptors (Lipinski definition) is 3. The van der Waals surface area contributed by atoms with Crippen LogP contribution in [0.15, 0.2) is 53.5 Å². The zero-order valence-corrected chi connectivity index (χ0v) is 15.3. The van der Waals surface area contributed by atoms with E-state index in [0.29, 0.717) is 22.0 Å². The van der Waals surface area contributed by atoms with E-state index in [1.807, 2.05) is 0 Å². The van der Waals surface area contributed by atoms with Crippen molar-refractivity contribution in [3.63, 3.8) is 0 Å². The average Bonchev–Trinajstić information content (AvgIpc) is 2.61. The average molecular weight is 389 g/mol. The second kappa shape index (κ2) is 7.90. The minimum atomic E-state index is -0.650. The van der Waals surface area contributed by atoms with E-state index in [1.165, 1.54) is 16.7 Å². The van der Waals surface area contributed by atoms with Gasteiger partial charge < -0.3 is 15.0 Å². The Kier molecular flexibility index (Phi) is 5.58. The molecule has 1 amide bonds. The van der Waals surface area contributed by atoms with Gasteiger partial charge in [-0.3, -0.25) is 9.59 Å². The van der Waals surface area contributed by atoms with Crippen molar-refractivity contribution in [3.05, 3.63) is 75.4 Å². The van der Waals surface area contributed by atoms with Crippen molar-refractivity contribution in [3.8, 4) is 0 Å². The molecule has 1 atom stereocenters. The van der Waals surface area contributed by atoms with Crippen molar-refractivity contribution in [2.24, 2.45) is 0 Å². The number of hydrogen-bond donors (Lipinski definition) is 2. The van der Waals surface area contributed by atoms with Crippen molar-refractivity contribution >= 4 is 34.0 Å². The first-order valence-electron chi connectivity index (χ1n) is 8.39. The Morgan fingerprint density at radius 2 is 2.04 bits per heavy atom. The molecule has 7 heteroatoms. The van der Waals surface area contributed by atoms with Crippen LogP contribution in [0.25, 0.3) is 10.8 Å². The number of carbonyl (C=O) groups is 1. The van der Waals surface area contributed by atoms with Gasteiger partial charge in [0.1, 0.15) is 5.82 Å². The molecule has 3 rings (SSSR count). The lowest BCUT2D eigenvalue weighted by Gasteiger charge is -2.12. The summed E-state index contributed by atoms with van der Waals surface area (Å²) >= 11 is 5.65. The smallest absolute Gasteiger partial charge is 0.258 e. The van der Waals surface area contributed by atoms with E-state index in [0.717, 1.165) is 0 Å². The number of aliphatic hydroxyl groups excluding tert-OH is 1. The Hall–Kier alpha value is -2.70. The van der Waals surface area contributed by atoms with Gasteiger partial charge in [0.25, 0.3) is 5.56 Å². The van der Waals surface area contributed by atoms with Crippen molar-refractivity contribution in [2.45, 2.75) is 26.0 Å². The summed E-state index contributed by atoms with van der Waals surface area (Å²) < 4.78 is 14.9. The molecule has 1 heterocycles. The van der Waals surface area contributed by atoms with Crippen LogP contribution in [0, 0.1) is 5.82 Å². The van der Waals surface area contributed by atoms with Crippen LogP contribution in [0.2, 0.25) is 5.02 Å². The topological polar surface area (TPSA) is 71.3 Å². The van der Waals surface area contributed by atoms with E-state index in [-0.39, 0.29) is 29.5 Å². The summed E-state index contributed by atoms with van der Waals surface area (Å²) in [5, 5.41) is 13.3. The van der Waals surface area contributed by atoms with Crippen LogP contribution in [0.1, 0.15) is 12.5 Å². The van der Waals surface area contributed by atoms with Gasteiger partial charge in [0, 0.05) is 22.7 Å². The fraction of sp³-hybridized carbons (Fsp3) is 0.200. The molecule has 2 N–H and O–H groups in total. The molecule has 2 aromatic carbocycles. The lowest BCUT2D eigenvalue weighted by atomic mass is 10.1. The van der Waals surface area contributed by atoms with E-state index in [1.54, 1.807) is 43.5 Å². The first kappa shape index (κ1) is 19.1. The highest BCUT2D eigenvalue weighted by atomic mass is 35.5. The molecule has 0 aliphatic rings. The monoisotopic (exact) mass is 388 g/mol. The second-order valence-electron chi connectivity index (χ2n) is 6.36. The highest BCUT2D eigenvalue weighted by Gasteiger charge is 2.11. The lowest BCUT2D eigenvalue weighted by Crippen LogP contribution is -2.25. The third kappa shape index (κ3) is 4.35. The Balaban J connectivity index is 1.86. The quantitative estimate of drug-likeness (QED) is 0.704. The first-order valence-corrected chi connectivity index (χ1v) is 8.77. The fourth-order valence-corrected chi connectivity index (χ4v) is 3.00. The van der Waals surface area contributed by atoms with Crippen LogP contribution < -0.4 is 10.9 Å². The molecule has 0 spiro atoms. The van der Waals surface area contributed by atoms with Crippen molar-refractivity contribution in [1.29, 1.82) is 0 Å². The van der Waals surface area contributed by atoms with Gasteiger partial charge in [0.05, 0.1) is 24.1 Å². The molecule has 0 saturated carbocycles. The van der Waals surface area contributed by atoms with Crippen molar-refractivity contribution in [1.82, 2.24) is 4.57 Å². The maximum Gasteiger partial charge on any atom is 0.258 e. The number of carbonyl (C=O) groups excluding carboxylic acids is 1. The predicted molar refractivity (Wildman–Crippen MR) is 104 cm³/mol. The minimum absolute atomic E-state index is 0.00156. The van der Waals surface area contributed by atoms with Crippen LogP contribution in [-0.4, -0.2) is 21.7 Å². The largest absolute Gasteiger partial charge is 0.392 e. The molecule has 5 nitrogen and oxygen atoms in total. The Bertz CT molecular complexity index is 1060. The number of nitrogens with one attached hydrogen (secondary N) is 1. The van der Waals surface area contributed by atoms with Gasteiger partial charge in [0.15, 0.2) is 0 Å². The Morgan fingerprint density at radius 1 is 1.26 bits per heavy atom. The van der Waals surface area contributed by atoms with Gasteiger partial charge in [-0.05, 0) is 42.8 Å². The van der Waals surface area contributed by atoms with Crippen LogP contribution in [0.5, 0.6) is 0 Å². The number of halogens is 2. The molecule has 0 saturated heterocycles. The number of nitrogens with zero attached hydrogens (tertiary/aromatic N) is 1. The molecule has 27 heavy (non-hydrogen) atoms. The molecule has 0 aliphatic carbocycles. The highest BCUT2D eigenvalue weighted by Crippen LogP contribution is 2.21. The molecule has 1 unspecified atom stereocenters. The first-order chi connectivity index (χ1) is 12.8. The summed E-state index contributed by atoms with van der Waals surface area (Å²) in [6.45, 7) is 1.79. The minimum Gasteiger partial charge on any atom is -0.392 e. The van der Waals surface area contributed by atoms with E-state index >= 15 is 0 Å². The van der Waals surface area contributed by atoms with Gasteiger partial charge in [0.2, 0.25) is 5.91 Å². The van der Waals surface area contributed by atoms with Gasteiger partial charge >= 0.3 is 0 Å². The summed E-state index contributed by atoms with van der Waals surface area (Å²) in [7, 11) is 0. The van der Waals surface area contributed by atoms with Crippen molar-refractivity contribution in [2.75, 3.05) is 5.32 Å². The van der Waals surface area contributed by atoms with Crippen LogP contribution >= 0.6 is 11.6 Å². The number of rotatable bonds is 5. The predicted octanol–water partition coefficient (Wildman–Crippen LogP) is 3.36. The molecule has 0 fully saturated rings. The zero-order valence-electron chi connectivity index (χ0n) is 14.6. The number of amides is 1. The number of aromatic nitrogens is 1. The third-order valence-electron chi connectivity index (χ3n) is 4.10. The van der Waals surface area contributed by atoms with Gasteiger partial charge in [-0.2, -0.15) is 0 Å². The number of fused-ring (bicyclic) bond motifs is 1. The van der Waals surface area contributed by atoms with E-state index in [9.17, 15) is 19.1 Å². The molecular formula is C20H18ClFN2O3. The van der Waals surface area contributed by atoms with E-state index in [2.05, 4.69) is 5.32 Å². The Labute approximate surface area is 160 Å². The fourth-order valence-electron chi connectivity index (χ4n) is 2.88. The zero-order chi connectivity index (χ0) is 19.6.